The second-order valence-electron chi connectivity index (χ2n) is 7.73. The van der Waals surface area contributed by atoms with Gasteiger partial charge in [0, 0.05) is 5.69 Å². The van der Waals surface area contributed by atoms with Gasteiger partial charge in [-0.2, -0.15) is 5.10 Å². The molecule has 10 nitrogen and oxygen atoms in total. The number of carbonyl (C=O) groups excluding carboxylic acids is 2. The molecule has 0 unspecified atom stereocenters. The van der Waals surface area contributed by atoms with Crippen LogP contribution in [0, 0.1) is 6.92 Å². The number of benzene rings is 3. The van der Waals surface area contributed by atoms with E-state index in [4.69, 9.17) is 23.7 Å². The van der Waals surface area contributed by atoms with Crippen molar-refractivity contribution >= 4 is 23.8 Å². The summed E-state index contributed by atoms with van der Waals surface area (Å²) >= 11 is 0. The summed E-state index contributed by atoms with van der Waals surface area (Å²) in [5.74, 6) is 0.558. The molecule has 0 bridgehead atoms. The molecule has 2 N–H and O–H groups in total. The van der Waals surface area contributed by atoms with Crippen LogP contribution in [0.1, 0.15) is 21.5 Å². The van der Waals surface area contributed by atoms with E-state index in [1.807, 2.05) is 31.2 Å². The average molecular weight is 508 g/mol. The lowest BCUT2D eigenvalue weighted by atomic mass is 10.1. The predicted octanol–water partition coefficient (Wildman–Crippen LogP) is 3.81. The maximum atomic E-state index is 12.8. The van der Waals surface area contributed by atoms with Crippen molar-refractivity contribution in [3.63, 3.8) is 0 Å². The Morgan fingerprint density at radius 3 is 2.16 bits per heavy atom. The van der Waals surface area contributed by atoms with Crippen LogP contribution in [-0.4, -0.2) is 53.1 Å². The molecule has 0 aliphatic heterocycles. The highest BCUT2D eigenvalue weighted by molar-refractivity contribution is 5.93. The quantitative estimate of drug-likeness (QED) is 0.174. The minimum Gasteiger partial charge on any atom is -0.493 e. The van der Waals surface area contributed by atoms with Gasteiger partial charge in [-0.25, -0.2) is 10.2 Å². The lowest BCUT2D eigenvalue weighted by Crippen LogP contribution is -2.25. The van der Waals surface area contributed by atoms with Gasteiger partial charge in [0.1, 0.15) is 0 Å². The number of methoxy groups -OCH3 is 4. The summed E-state index contributed by atoms with van der Waals surface area (Å²) in [4.78, 5) is 24.9. The van der Waals surface area contributed by atoms with Crippen LogP contribution in [-0.2, 0) is 4.79 Å². The molecule has 3 rings (SSSR count). The van der Waals surface area contributed by atoms with E-state index < -0.39 is 5.97 Å². The van der Waals surface area contributed by atoms with Crippen molar-refractivity contribution in [2.24, 2.45) is 5.10 Å². The monoisotopic (exact) mass is 507 g/mol. The highest BCUT2D eigenvalue weighted by Gasteiger charge is 2.19. The first-order valence-electron chi connectivity index (χ1n) is 11.2. The van der Waals surface area contributed by atoms with E-state index >= 15 is 0 Å². The second-order valence-corrected chi connectivity index (χ2v) is 7.73. The number of carbonyl (C=O) groups is 2. The maximum Gasteiger partial charge on any atom is 0.343 e. The van der Waals surface area contributed by atoms with Gasteiger partial charge in [0.25, 0.3) is 5.91 Å². The minimum absolute atomic E-state index is 0.0694. The number of rotatable bonds is 11. The number of amides is 1. The first-order valence-corrected chi connectivity index (χ1v) is 11.2. The number of esters is 1. The molecule has 194 valence electrons. The number of aryl methyl sites for hydroxylation is 1. The molecule has 0 aliphatic carbocycles. The maximum absolute atomic E-state index is 12.8. The van der Waals surface area contributed by atoms with Gasteiger partial charge >= 0.3 is 5.97 Å². The standard InChI is InChI=1S/C27H29N3O7/c1-17-7-6-8-20(11-17)28-16-25(31)30-29-15-18-9-10-21(22(12-18)33-2)37-27(32)19-13-23(34-3)26(36-5)24(14-19)35-4/h6-15,28H,16H2,1-5H3,(H,30,31)/b29-15-. The summed E-state index contributed by atoms with van der Waals surface area (Å²) in [5.41, 5.74) is 5.22. The third-order valence-electron chi connectivity index (χ3n) is 5.16. The van der Waals surface area contributed by atoms with Gasteiger partial charge in [-0.15, -0.1) is 0 Å². The normalized spacial score (nSPS) is 10.5. The molecular formula is C27H29N3O7. The topological polar surface area (TPSA) is 117 Å². The third kappa shape index (κ3) is 7.14. The molecule has 0 spiro atoms. The van der Waals surface area contributed by atoms with Gasteiger partial charge < -0.3 is 29.0 Å². The third-order valence-corrected chi connectivity index (χ3v) is 5.16. The van der Waals surface area contributed by atoms with E-state index in [0.29, 0.717) is 28.6 Å². The second kappa shape index (κ2) is 12.8. The molecule has 37 heavy (non-hydrogen) atoms. The number of ether oxygens (including phenoxy) is 5. The van der Waals surface area contributed by atoms with E-state index in [-0.39, 0.29) is 23.8 Å². The van der Waals surface area contributed by atoms with Crippen LogP contribution < -0.4 is 34.4 Å². The molecule has 3 aromatic carbocycles. The van der Waals surface area contributed by atoms with Crippen molar-refractivity contribution in [2.75, 3.05) is 40.3 Å². The minimum atomic E-state index is -0.646. The van der Waals surface area contributed by atoms with Crippen molar-refractivity contribution in [1.82, 2.24) is 5.43 Å². The lowest BCUT2D eigenvalue weighted by Gasteiger charge is -2.14. The Morgan fingerprint density at radius 1 is 0.838 bits per heavy atom. The number of nitrogens with zero attached hydrogens (tertiary/aromatic N) is 1. The molecule has 0 aromatic heterocycles. The van der Waals surface area contributed by atoms with E-state index in [2.05, 4.69) is 15.8 Å². The van der Waals surface area contributed by atoms with E-state index in [1.54, 1.807) is 18.2 Å². The number of hydrazone groups is 1. The van der Waals surface area contributed by atoms with Gasteiger partial charge in [0.2, 0.25) is 5.75 Å². The molecule has 0 aliphatic rings. The van der Waals surface area contributed by atoms with Gasteiger partial charge in [-0.3, -0.25) is 4.79 Å². The van der Waals surface area contributed by atoms with Crippen LogP contribution in [0.25, 0.3) is 0 Å². The number of hydrogen-bond donors (Lipinski definition) is 2. The van der Waals surface area contributed by atoms with E-state index in [1.165, 1.54) is 46.8 Å². The van der Waals surface area contributed by atoms with Gasteiger partial charge in [-0.1, -0.05) is 12.1 Å². The van der Waals surface area contributed by atoms with Crippen LogP contribution in [0.15, 0.2) is 59.7 Å². The summed E-state index contributed by atoms with van der Waals surface area (Å²) in [6, 6.07) is 15.6. The van der Waals surface area contributed by atoms with Gasteiger partial charge in [0.15, 0.2) is 23.0 Å². The smallest absolute Gasteiger partial charge is 0.343 e. The predicted molar refractivity (Wildman–Crippen MR) is 139 cm³/mol. The fourth-order valence-electron chi connectivity index (χ4n) is 3.36. The summed E-state index contributed by atoms with van der Waals surface area (Å²) in [6.45, 7) is 2.04. The van der Waals surface area contributed by atoms with Crippen LogP contribution >= 0.6 is 0 Å². The molecule has 3 aromatic rings. The highest BCUT2D eigenvalue weighted by Crippen LogP contribution is 2.38. The van der Waals surface area contributed by atoms with Crippen LogP contribution in [0.4, 0.5) is 5.69 Å². The molecular weight excluding hydrogens is 478 g/mol. The zero-order valence-electron chi connectivity index (χ0n) is 21.3. The largest absolute Gasteiger partial charge is 0.493 e. The summed E-state index contributed by atoms with van der Waals surface area (Å²) < 4.78 is 26.8. The molecule has 0 fully saturated rings. The van der Waals surface area contributed by atoms with Gasteiger partial charge in [-0.05, 0) is 60.5 Å². The zero-order valence-corrected chi connectivity index (χ0v) is 21.3. The first kappa shape index (κ1) is 26.9. The molecule has 0 atom stereocenters. The van der Waals surface area contributed by atoms with Crippen LogP contribution in [0.5, 0.6) is 28.7 Å². The van der Waals surface area contributed by atoms with E-state index in [0.717, 1.165) is 11.3 Å². The Bertz CT molecular complexity index is 1270. The summed E-state index contributed by atoms with van der Waals surface area (Å²) in [5, 5.41) is 7.01. The Balaban J connectivity index is 1.64. The van der Waals surface area contributed by atoms with Crippen LogP contribution in [0.2, 0.25) is 0 Å². The number of nitrogens with one attached hydrogen (secondary N) is 2. The van der Waals surface area contributed by atoms with Crippen molar-refractivity contribution < 1.29 is 33.3 Å². The Labute approximate surface area is 215 Å². The van der Waals surface area contributed by atoms with Crippen LogP contribution in [0.3, 0.4) is 0 Å². The Morgan fingerprint density at radius 2 is 1.54 bits per heavy atom. The van der Waals surface area contributed by atoms with Crippen molar-refractivity contribution in [2.45, 2.75) is 6.92 Å². The molecule has 0 heterocycles. The molecule has 0 saturated heterocycles. The molecule has 0 saturated carbocycles. The fraction of sp³-hybridized carbons (Fsp3) is 0.222. The van der Waals surface area contributed by atoms with E-state index in [9.17, 15) is 9.59 Å². The summed E-state index contributed by atoms with van der Waals surface area (Å²) in [7, 11) is 5.84. The molecule has 0 radical (unpaired) electrons. The number of anilines is 1. The van der Waals surface area contributed by atoms with Crippen molar-refractivity contribution in [1.29, 1.82) is 0 Å². The lowest BCUT2D eigenvalue weighted by molar-refractivity contribution is -0.119. The Kier molecular flexibility index (Phi) is 9.31. The SMILES string of the molecule is COc1cc(/C=N\NC(=O)CNc2cccc(C)c2)ccc1OC(=O)c1cc(OC)c(OC)c(OC)c1. The number of hydrogen-bond acceptors (Lipinski definition) is 9. The average Bonchev–Trinajstić information content (AvgIpc) is 2.91. The molecule has 10 heteroatoms. The molecule has 1 amide bonds. The van der Waals surface area contributed by atoms with Crippen molar-refractivity contribution in [3.8, 4) is 28.7 Å². The fourth-order valence-corrected chi connectivity index (χ4v) is 3.36. The van der Waals surface area contributed by atoms with Crippen molar-refractivity contribution in [3.05, 3.63) is 71.3 Å². The highest BCUT2D eigenvalue weighted by atomic mass is 16.6. The van der Waals surface area contributed by atoms with Gasteiger partial charge in [0.05, 0.1) is 46.8 Å². The summed E-state index contributed by atoms with van der Waals surface area (Å²) in [6.07, 6.45) is 1.46. The zero-order chi connectivity index (χ0) is 26.8. The Hall–Kier alpha value is -4.73. The first-order chi connectivity index (χ1) is 17.9.